The number of hydrogen-bond acceptors (Lipinski definition) is 11. The Morgan fingerprint density at radius 1 is 0.420 bits per heavy atom. The molecule has 0 saturated carbocycles. The lowest BCUT2D eigenvalue weighted by Crippen LogP contribution is -2.61. The monoisotopic (exact) mass is 1140 g/mol. The van der Waals surface area contributed by atoms with E-state index in [0.29, 0.717) is 25.7 Å². The van der Waals surface area contributed by atoms with Gasteiger partial charge in [-0.15, -0.1) is 0 Å². The smallest absolute Gasteiger partial charge is 0.335 e. The van der Waals surface area contributed by atoms with Gasteiger partial charge < -0.3 is 39.0 Å². The van der Waals surface area contributed by atoms with Gasteiger partial charge in [-0.25, -0.2) is 4.79 Å². The molecule has 1 saturated heterocycles. The lowest BCUT2D eigenvalue weighted by Gasteiger charge is -2.40. The minimum Gasteiger partial charge on any atom is -0.479 e. The zero-order valence-corrected chi connectivity index (χ0v) is 51.5. The minimum atomic E-state index is -1.92. The third kappa shape index (κ3) is 46.3. The van der Waals surface area contributed by atoms with Crippen LogP contribution in [0.2, 0.25) is 0 Å². The third-order valence-corrected chi connectivity index (χ3v) is 14.8. The standard InChI is InChI=1S/C69H118O12/c1-4-7-10-13-16-19-22-25-27-29-31-33-35-38-40-43-46-49-52-55-61(70)77-58-60(79-62(71)56-53-50-47-44-41-37-24-21-18-15-12-9-6-3)59-78-69-67(65(74)64(73)66(81-69)68(75)76)80-63(72)57-54-51-48-45-42-39-36-34-32-30-28-26-23-20-17-14-11-8-5-2/h9,12,17-18,20-21,26,28,37,41,47,50,60,64-67,69,73-74H,4-8,10-11,13-16,19,22-25,27,29-36,38-40,42-46,48-49,51-59H2,1-3H3,(H,75,76)/b12-9-,20-17-,21-18-,28-26-,41-37-,50-47-. The third-order valence-electron chi connectivity index (χ3n) is 14.8. The fraction of sp³-hybridized carbons (Fsp3) is 0.768. The summed E-state index contributed by atoms with van der Waals surface area (Å²) in [4.78, 5) is 51.3. The normalized spacial score (nSPS) is 18.2. The van der Waals surface area contributed by atoms with E-state index in [2.05, 4.69) is 81.5 Å². The Kier molecular flexibility index (Phi) is 52.6. The maximum atomic E-state index is 13.1. The largest absolute Gasteiger partial charge is 0.479 e. The molecule has 1 aliphatic rings. The van der Waals surface area contributed by atoms with Crippen molar-refractivity contribution in [3.8, 4) is 0 Å². The number of esters is 3. The summed E-state index contributed by atoms with van der Waals surface area (Å²) >= 11 is 0. The number of ether oxygens (including phenoxy) is 5. The van der Waals surface area contributed by atoms with E-state index in [1.165, 1.54) is 148 Å². The maximum Gasteiger partial charge on any atom is 0.335 e. The molecule has 0 amide bonds. The molecule has 0 aromatic carbocycles. The number of aliphatic hydroxyl groups is 2. The van der Waals surface area contributed by atoms with Crippen molar-refractivity contribution in [3.05, 3.63) is 72.9 Å². The fourth-order valence-electron chi connectivity index (χ4n) is 9.77. The first kappa shape index (κ1) is 75.2. The van der Waals surface area contributed by atoms with Crippen molar-refractivity contribution in [1.82, 2.24) is 0 Å². The molecule has 466 valence electrons. The topological polar surface area (TPSA) is 175 Å². The summed E-state index contributed by atoms with van der Waals surface area (Å²) in [5.74, 6) is -3.22. The van der Waals surface area contributed by atoms with Crippen LogP contribution in [0, 0.1) is 0 Å². The number of carbonyl (C=O) groups excluding carboxylic acids is 3. The SMILES string of the molecule is CC/C=C\C/C=C\C/C=C\C/C=C\CCC(=O)OC(COC(=O)CCCCCCCCCCCCCCCCCCCCC)COC1OC(C(=O)O)C(O)C(O)C1OC(=O)CCCCCCCCCCC/C=C\C/C=C\CCCCC. The van der Waals surface area contributed by atoms with Crippen LogP contribution in [0.1, 0.15) is 290 Å². The highest BCUT2D eigenvalue weighted by Gasteiger charge is 2.50. The molecule has 12 heteroatoms. The molecule has 0 aliphatic carbocycles. The van der Waals surface area contributed by atoms with Gasteiger partial charge in [0.15, 0.2) is 24.6 Å². The van der Waals surface area contributed by atoms with E-state index in [0.717, 1.165) is 77.0 Å². The molecular formula is C69H118O12. The lowest BCUT2D eigenvalue weighted by atomic mass is 9.98. The van der Waals surface area contributed by atoms with Gasteiger partial charge in [-0.05, 0) is 77.0 Å². The Morgan fingerprint density at radius 3 is 1.26 bits per heavy atom. The van der Waals surface area contributed by atoms with Crippen molar-refractivity contribution in [1.29, 1.82) is 0 Å². The van der Waals surface area contributed by atoms with Crippen molar-refractivity contribution < 1.29 is 58.2 Å². The first-order valence-corrected chi connectivity index (χ1v) is 32.9. The number of carbonyl (C=O) groups is 4. The first-order valence-electron chi connectivity index (χ1n) is 32.9. The molecule has 0 spiro atoms. The molecule has 0 bridgehead atoms. The zero-order valence-electron chi connectivity index (χ0n) is 51.5. The second-order valence-corrected chi connectivity index (χ2v) is 22.4. The Hall–Kier alpha value is -3.84. The van der Waals surface area contributed by atoms with Gasteiger partial charge in [0.1, 0.15) is 18.8 Å². The summed E-state index contributed by atoms with van der Waals surface area (Å²) in [7, 11) is 0. The van der Waals surface area contributed by atoms with Crippen LogP contribution in [0.25, 0.3) is 0 Å². The Morgan fingerprint density at radius 2 is 0.802 bits per heavy atom. The van der Waals surface area contributed by atoms with Crippen LogP contribution in [0.15, 0.2) is 72.9 Å². The molecule has 1 fully saturated rings. The molecule has 81 heavy (non-hydrogen) atoms. The second-order valence-electron chi connectivity index (χ2n) is 22.4. The van der Waals surface area contributed by atoms with E-state index in [1.54, 1.807) is 0 Å². The van der Waals surface area contributed by atoms with Crippen LogP contribution in [0.5, 0.6) is 0 Å². The number of unbranched alkanes of at least 4 members (excludes halogenated alkanes) is 30. The van der Waals surface area contributed by atoms with Gasteiger partial charge >= 0.3 is 23.9 Å². The van der Waals surface area contributed by atoms with E-state index >= 15 is 0 Å². The van der Waals surface area contributed by atoms with Gasteiger partial charge in [-0.3, -0.25) is 14.4 Å². The highest BCUT2D eigenvalue weighted by atomic mass is 16.7. The van der Waals surface area contributed by atoms with Crippen LogP contribution >= 0.6 is 0 Å². The summed E-state index contributed by atoms with van der Waals surface area (Å²) in [5, 5.41) is 31.6. The van der Waals surface area contributed by atoms with Crippen molar-refractivity contribution in [2.24, 2.45) is 0 Å². The first-order chi connectivity index (χ1) is 39.6. The summed E-state index contributed by atoms with van der Waals surface area (Å²) in [5.41, 5.74) is 0. The van der Waals surface area contributed by atoms with Crippen molar-refractivity contribution >= 4 is 23.9 Å². The number of hydrogen-bond donors (Lipinski definition) is 3. The van der Waals surface area contributed by atoms with Gasteiger partial charge in [-0.2, -0.15) is 0 Å². The minimum absolute atomic E-state index is 0.0418. The van der Waals surface area contributed by atoms with Gasteiger partial charge in [-0.1, -0.05) is 267 Å². The summed E-state index contributed by atoms with van der Waals surface area (Å²) in [6, 6.07) is 0. The van der Waals surface area contributed by atoms with Gasteiger partial charge in [0.25, 0.3) is 0 Å². The highest BCUT2D eigenvalue weighted by Crippen LogP contribution is 2.27. The van der Waals surface area contributed by atoms with Crippen LogP contribution in [-0.2, 0) is 42.9 Å². The molecule has 0 aromatic heterocycles. The Bertz CT molecular complexity index is 1680. The van der Waals surface area contributed by atoms with Crippen molar-refractivity contribution in [2.45, 2.75) is 327 Å². The molecule has 6 atom stereocenters. The number of rotatable bonds is 56. The van der Waals surface area contributed by atoms with Gasteiger partial charge in [0.05, 0.1) is 6.61 Å². The van der Waals surface area contributed by atoms with Gasteiger partial charge in [0, 0.05) is 19.3 Å². The molecule has 1 rings (SSSR count). The van der Waals surface area contributed by atoms with Crippen LogP contribution in [0.4, 0.5) is 0 Å². The predicted octanol–water partition coefficient (Wildman–Crippen LogP) is 17.7. The molecule has 1 aliphatic heterocycles. The molecule has 6 unspecified atom stereocenters. The van der Waals surface area contributed by atoms with Crippen LogP contribution < -0.4 is 0 Å². The van der Waals surface area contributed by atoms with E-state index in [9.17, 15) is 34.5 Å². The molecule has 3 N–H and O–H groups in total. The van der Waals surface area contributed by atoms with E-state index in [1.807, 2.05) is 12.2 Å². The molecular weight excluding hydrogens is 1020 g/mol. The zero-order chi connectivity index (χ0) is 58.9. The number of carboxylic acid groups (broad SMARTS) is 1. The van der Waals surface area contributed by atoms with E-state index in [-0.39, 0.29) is 25.9 Å². The Balaban J connectivity index is 2.64. The van der Waals surface area contributed by atoms with Crippen molar-refractivity contribution in [2.75, 3.05) is 13.2 Å². The predicted molar refractivity (Wildman–Crippen MR) is 331 cm³/mol. The van der Waals surface area contributed by atoms with E-state index < -0.39 is 67.3 Å². The quantitative estimate of drug-likeness (QED) is 0.0228. The van der Waals surface area contributed by atoms with E-state index in [4.69, 9.17) is 23.7 Å². The lowest BCUT2D eigenvalue weighted by molar-refractivity contribution is -0.301. The number of aliphatic hydroxyl groups excluding tert-OH is 2. The average molecular weight is 1140 g/mol. The van der Waals surface area contributed by atoms with Crippen molar-refractivity contribution in [3.63, 3.8) is 0 Å². The maximum absolute atomic E-state index is 13.1. The molecule has 0 aromatic rings. The number of allylic oxidation sites excluding steroid dienone is 12. The van der Waals surface area contributed by atoms with Gasteiger partial charge in [0.2, 0.25) is 0 Å². The molecule has 0 radical (unpaired) electrons. The van der Waals surface area contributed by atoms with Crippen LogP contribution in [-0.4, -0.2) is 89.2 Å². The summed E-state index contributed by atoms with van der Waals surface area (Å²) in [6.45, 7) is 5.83. The Labute approximate surface area is 493 Å². The molecule has 1 heterocycles. The number of aliphatic carboxylic acids is 1. The van der Waals surface area contributed by atoms with Crippen LogP contribution in [0.3, 0.4) is 0 Å². The highest BCUT2D eigenvalue weighted by molar-refractivity contribution is 5.74. The fourth-order valence-corrected chi connectivity index (χ4v) is 9.77. The summed E-state index contributed by atoms with van der Waals surface area (Å²) in [6.07, 6.45) is 60.3. The summed E-state index contributed by atoms with van der Waals surface area (Å²) < 4.78 is 28.4. The second kappa shape index (κ2) is 56.6. The molecule has 12 nitrogen and oxygen atoms in total. The average Bonchev–Trinajstić information content (AvgIpc) is 3.54. The number of carboxylic acids is 1.